The topological polar surface area (TPSA) is 113 Å². The van der Waals surface area contributed by atoms with Crippen LogP contribution in [0.2, 0.25) is 0 Å². The van der Waals surface area contributed by atoms with E-state index in [1.54, 1.807) is 24.3 Å². The first-order valence-electron chi connectivity index (χ1n) is 11.5. The SMILES string of the molecule is COC(=O)c1ccc(CSc2nc3cc(S(=O)(=O)N4CCOCC4)ccc3n2CC2CCCO2)o1. The van der Waals surface area contributed by atoms with Crippen molar-refractivity contribution in [2.45, 2.75) is 41.3 Å². The van der Waals surface area contributed by atoms with Gasteiger partial charge in [0.2, 0.25) is 15.8 Å². The third kappa shape index (κ3) is 5.12. The fourth-order valence-corrected chi connectivity index (χ4v) is 6.61. The summed E-state index contributed by atoms with van der Waals surface area (Å²) in [4.78, 5) is 16.7. The summed E-state index contributed by atoms with van der Waals surface area (Å²) < 4.78 is 51.3. The molecule has 2 aliphatic rings. The normalized spacial score (nSPS) is 19.4. The van der Waals surface area contributed by atoms with E-state index in [2.05, 4.69) is 4.57 Å². The summed E-state index contributed by atoms with van der Waals surface area (Å²) in [5.74, 6) is 0.682. The molecule has 1 atom stereocenters. The number of esters is 1. The molecule has 12 heteroatoms. The van der Waals surface area contributed by atoms with Gasteiger partial charge < -0.3 is 23.2 Å². The van der Waals surface area contributed by atoms with Crippen molar-refractivity contribution >= 4 is 38.8 Å². The summed E-state index contributed by atoms with van der Waals surface area (Å²) in [6.07, 6.45) is 2.07. The molecule has 0 N–H and O–H groups in total. The maximum Gasteiger partial charge on any atom is 0.373 e. The van der Waals surface area contributed by atoms with Crippen LogP contribution in [0.4, 0.5) is 0 Å². The summed E-state index contributed by atoms with van der Waals surface area (Å²) in [6.45, 7) is 2.83. The highest BCUT2D eigenvalue weighted by atomic mass is 32.2. The van der Waals surface area contributed by atoms with Gasteiger partial charge in [0.05, 0.1) is 54.7 Å². The van der Waals surface area contributed by atoms with Crippen molar-refractivity contribution in [3.63, 3.8) is 0 Å². The van der Waals surface area contributed by atoms with E-state index >= 15 is 0 Å². The number of benzene rings is 1. The van der Waals surface area contributed by atoms with Crippen LogP contribution in [-0.2, 0) is 36.5 Å². The van der Waals surface area contributed by atoms with Gasteiger partial charge in [0.1, 0.15) is 5.76 Å². The lowest BCUT2D eigenvalue weighted by Crippen LogP contribution is -2.40. The lowest BCUT2D eigenvalue weighted by molar-refractivity contribution is 0.0563. The molecule has 0 saturated carbocycles. The smallest absolute Gasteiger partial charge is 0.373 e. The zero-order valence-corrected chi connectivity index (χ0v) is 21.0. The number of rotatable bonds is 8. The molecule has 0 amide bonds. The molecule has 1 aromatic carbocycles. The third-order valence-corrected chi connectivity index (χ3v) is 8.99. The van der Waals surface area contributed by atoms with E-state index in [0.717, 1.165) is 30.1 Å². The Morgan fingerprint density at radius 1 is 1.20 bits per heavy atom. The molecule has 0 spiro atoms. The largest absolute Gasteiger partial charge is 0.463 e. The van der Waals surface area contributed by atoms with Crippen molar-refractivity contribution < 1.29 is 31.8 Å². The summed E-state index contributed by atoms with van der Waals surface area (Å²) in [7, 11) is -2.32. The number of fused-ring (bicyclic) bond motifs is 1. The van der Waals surface area contributed by atoms with Gasteiger partial charge in [-0.1, -0.05) is 11.8 Å². The average molecular weight is 522 g/mol. The van der Waals surface area contributed by atoms with E-state index in [1.807, 2.05) is 6.07 Å². The van der Waals surface area contributed by atoms with Gasteiger partial charge in [-0.3, -0.25) is 0 Å². The van der Waals surface area contributed by atoms with Gasteiger partial charge in [-0.15, -0.1) is 0 Å². The molecule has 1 unspecified atom stereocenters. The molecule has 10 nitrogen and oxygen atoms in total. The quantitative estimate of drug-likeness (QED) is 0.326. The number of imidazole rings is 1. The standard InChI is InChI=1S/C23H27N3O7S2/c1-30-22(27)21-7-4-17(33-21)15-34-23-24-19-13-18(35(28,29)25-8-11-31-12-9-25)5-6-20(19)26(23)14-16-3-2-10-32-16/h4-7,13,16H,2-3,8-12,14-15H2,1H3. The van der Waals surface area contributed by atoms with Gasteiger partial charge in [0.25, 0.3) is 0 Å². The molecular weight excluding hydrogens is 494 g/mol. The first kappa shape index (κ1) is 24.3. The molecule has 2 aliphatic heterocycles. The van der Waals surface area contributed by atoms with E-state index in [9.17, 15) is 13.2 Å². The molecule has 35 heavy (non-hydrogen) atoms. The van der Waals surface area contributed by atoms with Crippen LogP contribution in [-0.4, -0.2) is 74.4 Å². The lowest BCUT2D eigenvalue weighted by Gasteiger charge is -2.26. The number of carbonyl (C=O) groups excluding carboxylic acids is 1. The van der Waals surface area contributed by atoms with E-state index in [0.29, 0.717) is 49.9 Å². The van der Waals surface area contributed by atoms with Gasteiger partial charge in [0, 0.05) is 19.7 Å². The summed E-state index contributed by atoms with van der Waals surface area (Å²) in [6, 6.07) is 8.42. The number of nitrogens with zero attached hydrogens (tertiary/aromatic N) is 3. The molecule has 3 aromatic rings. The van der Waals surface area contributed by atoms with Crippen LogP contribution < -0.4 is 0 Å². The molecule has 0 aliphatic carbocycles. The Morgan fingerprint density at radius 3 is 2.77 bits per heavy atom. The molecule has 0 radical (unpaired) electrons. The molecule has 2 fully saturated rings. The Bertz CT molecular complexity index is 1310. The van der Waals surface area contributed by atoms with E-state index in [4.69, 9.17) is 23.6 Å². The van der Waals surface area contributed by atoms with Crippen LogP contribution in [0, 0.1) is 0 Å². The Morgan fingerprint density at radius 2 is 2.03 bits per heavy atom. The van der Waals surface area contributed by atoms with Crippen molar-refractivity contribution in [3.05, 3.63) is 41.9 Å². The maximum absolute atomic E-state index is 13.2. The molecule has 2 aromatic heterocycles. The monoisotopic (exact) mass is 521 g/mol. The van der Waals surface area contributed by atoms with E-state index in [-0.39, 0.29) is 16.8 Å². The minimum absolute atomic E-state index is 0.0815. The molecular formula is C23H27N3O7S2. The van der Waals surface area contributed by atoms with Crippen molar-refractivity contribution in [2.24, 2.45) is 0 Å². The zero-order chi connectivity index (χ0) is 24.4. The second kappa shape index (κ2) is 10.3. The second-order valence-electron chi connectivity index (χ2n) is 8.35. The van der Waals surface area contributed by atoms with Crippen LogP contribution in [0.3, 0.4) is 0 Å². The number of ether oxygens (including phenoxy) is 3. The van der Waals surface area contributed by atoms with Crippen LogP contribution in [0.15, 0.2) is 44.8 Å². The fraction of sp³-hybridized carbons (Fsp3) is 0.478. The van der Waals surface area contributed by atoms with Crippen molar-refractivity contribution in [2.75, 3.05) is 40.0 Å². The minimum atomic E-state index is -3.63. The highest BCUT2D eigenvalue weighted by Crippen LogP contribution is 2.31. The number of methoxy groups -OCH3 is 1. The number of hydrogen-bond donors (Lipinski definition) is 0. The van der Waals surface area contributed by atoms with Crippen molar-refractivity contribution in [1.82, 2.24) is 13.9 Å². The van der Waals surface area contributed by atoms with Gasteiger partial charge in [-0.2, -0.15) is 4.31 Å². The number of aromatic nitrogens is 2. The number of hydrogen-bond acceptors (Lipinski definition) is 9. The van der Waals surface area contributed by atoms with Crippen LogP contribution in [0.5, 0.6) is 0 Å². The molecule has 0 bridgehead atoms. The molecule has 5 rings (SSSR count). The molecule has 188 valence electrons. The highest BCUT2D eigenvalue weighted by Gasteiger charge is 2.28. The Labute approximate surface area is 207 Å². The first-order valence-corrected chi connectivity index (χ1v) is 13.9. The highest BCUT2D eigenvalue weighted by molar-refractivity contribution is 7.98. The minimum Gasteiger partial charge on any atom is -0.463 e. The summed E-state index contributed by atoms with van der Waals surface area (Å²) in [5, 5.41) is 0.729. The number of furan rings is 1. The first-order chi connectivity index (χ1) is 17.0. The molecule has 4 heterocycles. The van der Waals surface area contributed by atoms with Crippen molar-refractivity contribution in [3.8, 4) is 0 Å². The van der Waals surface area contributed by atoms with Crippen LogP contribution in [0.25, 0.3) is 11.0 Å². The number of thioether (sulfide) groups is 1. The van der Waals surface area contributed by atoms with E-state index in [1.165, 1.54) is 23.2 Å². The lowest BCUT2D eigenvalue weighted by atomic mass is 10.2. The summed E-state index contributed by atoms with van der Waals surface area (Å²) in [5.41, 5.74) is 1.45. The van der Waals surface area contributed by atoms with Gasteiger partial charge in [-0.05, 0) is 43.2 Å². The van der Waals surface area contributed by atoms with Crippen LogP contribution in [0.1, 0.15) is 29.2 Å². The molecule has 2 saturated heterocycles. The third-order valence-electron chi connectivity index (χ3n) is 6.09. The van der Waals surface area contributed by atoms with Gasteiger partial charge in [-0.25, -0.2) is 18.2 Å². The average Bonchev–Trinajstić information content (AvgIpc) is 3.64. The second-order valence-corrected chi connectivity index (χ2v) is 11.2. The maximum atomic E-state index is 13.2. The Balaban J connectivity index is 1.44. The number of morpholine rings is 1. The van der Waals surface area contributed by atoms with Gasteiger partial charge in [0.15, 0.2) is 5.16 Å². The predicted octanol–water partition coefficient (Wildman–Crippen LogP) is 2.91. The van der Waals surface area contributed by atoms with Gasteiger partial charge >= 0.3 is 5.97 Å². The number of carbonyl (C=O) groups is 1. The fourth-order valence-electron chi connectivity index (χ4n) is 4.26. The Hall–Kier alpha value is -2.38. The predicted molar refractivity (Wildman–Crippen MR) is 128 cm³/mol. The van der Waals surface area contributed by atoms with E-state index < -0.39 is 16.0 Å². The Kier molecular flexibility index (Phi) is 7.17. The zero-order valence-electron chi connectivity index (χ0n) is 19.3. The number of sulfonamides is 1. The summed E-state index contributed by atoms with van der Waals surface area (Å²) >= 11 is 1.46. The van der Waals surface area contributed by atoms with Crippen molar-refractivity contribution in [1.29, 1.82) is 0 Å². The van der Waals surface area contributed by atoms with Crippen LogP contribution >= 0.6 is 11.8 Å².